The van der Waals surface area contributed by atoms with E-state index in [1.165, 1.54) is 32.9 Å². The summed E-state index contributed by atoms with van der Waals surface area (Å²) in [5, 5.41) is 1.29. The lowest BCUT2D eigenvalue weighted by atomic mass is 9.97. The van der Waals surface area contributed by atoms with Gasteiger partial charge in [0.25, 0.3) is 0 Å². The predicted octanol–water partition coefficient (Wildman–Crippen LogP) is 9.27. The summed E-state index contributed by atoms with van der Waals surface area (Å²) >= 11 is 0. The first-order chi connectivity index (χ1) is 15.9. The number of benzene rings is 3. The summed E-state index contributed by atoms with van der Waals surface area (Å²) in [4.78, 5) is 10.8. The minimum Gasteiger partial charge on any atom is -0.252 e. The summed E-state index contributed by atoms with van der Waals surface area (Å²) in [5.41, 5.74) is 7.94. The van der Waals surface area contributed by atoms with E-state index >= 15 is 0 Å². The van der Waals surface area contributed by atoms with Crippen molar-refractivity contribution < 1.29 is 0 Å². The second-order valence-electron chi connectivity index (χ2n) is 11.1. The molecular weight excluding hydrogens is 431 g/mol. The zero-order valence-electron chi connectivity index (χ0n) is 22.3. The number of nitrogens with zero attached hydrogens (tertiary/aromatic N) is 2. The Balaban J connectivity index is 2.37. The molecule has 1 atom stereocenters. The van der Waals surface area contributed by atoms with Crippen molar-refractivity contribution in [3.8, 4) is 0 Å². The SMILES string of the molecule is Cc1cc(C)c(N=C(P(C(=Nc2ccccc2)C(C)(C)C)c2ccccc2)C(C)(C)C)c(C)c1. The van der Waals surface area contributed by atoms with Gasteiger partial charge in [0, 0.05) is 18.8 Å². The fourth-order valence-corrected chi connectivity index (χ4v) is 7.02. The lowest BCUT2D eigenvalue weighted by Crippen LogP contribution is -2.31. The molecule has 0 N–H and O–H groups in total. The molecule has 2 nitrogen and oxygen atoms in total. The van der Waals surface area contributed by atoms with E-state index in [4.69, 9.17) is 9.98 Å². The van der Waals surface area contributed by atoms with Crippen LogP contribution in [0.4, 0.5) is 11.4 Å². The van der Waals surface area contributed by atoms with Gasteiger partial charge >= 0.3 is 0 Å². The van der Waals surface area contributed by atoms with Gasteiger partial charge in [0.15, 0.2) is 0 Å². The Bertz CT molecular complexity index is 1150. The number of hydrogen-bond acceptors (Lipinski definition) is 2. The topological polar surface area (TPSA) is 24.7 Å². The quantitative estimate of drug-likeness (QED) is 0.262. The zero-order valence-corrected chi connectivity index (χ0v) is 23.2. The maximum Gasteiger partial charge on any atom is 0.0692 e. The Morgan fingerprint density at radius 2 is 1.06 bits per heavy atom. The van der Waals surface area contributed by atoms with Crippen LogP contribution in [0.2, 0.25) is 0 Å². The minimum absolute atomic E-state index is 0.124. The maximum absolute atomic E-state index is 5.49. The van der Waals surface area contributed by atoms with E-state index in [2.05, 4.69) is 129 Å². The van der Waals surface area contributed by atoms with Crippen LogP contribution < -0.4 is 5.30 Å². The van der Waals surface area contributed by atoms with E-state index < -0.39 is 7.92 Å². The Labute approximate surface area is 208 Å². The van der Waals surface area contributed by atoms with Gasteiger partial charge in [0.1, 0.15) is 0 Å². The maximum atomic E-state index is 5.49. The van der Waals surface area contributed by atoms with Gasteiger partial charge in [0.05, 0.1) is 22.3 Å². The van der Waals surface area contributed by atoms with E-state index in [1.807, 2.05) is 6.07 Å². The molecule has 0 spiro atoms. The van der Waals surface area contributed by atoms with Gasteiger partial charge in [-0.15, -0.1) is 0 Å². The van der Waals surface area contributed by atoms with Crippen LogP contribution in [0.3, 0.4) is 0 Å². The van der Waals surface area contributed by atoms with Gasteiger partial charge in [-0.25, -0.2) is 0 Å². The molecule has 0 aliphatic rings. The first-order valence-corrected chi connectivity index (χ1v) is 13.4. The number of aryl methyl sites for hydroxylation is 3. The van der Waals surface area contributed by atoms with Crippen LogP contribution in [0.1, 0.15) is 58.2 Å². The van der Waals surface area contributed by atoms with Crippen LogP contribution in [-0.2, 0) is 0 Å². The molecule has 3 rings (SSSR count). The van der Waals surface area contributed by atoms with Crippen molar-refractivity contribution in [1.82, 2.24) is 0 Å². The molecule has 0 amide bonds. The molecule has 0 heterocycles. The molecule has 0 aromatic heterocycles. The smallest absolute Gasteiger partial charge is 0.0692 e. The van der Waals surface area contributed by atoms with Crippen molar-refractivity contribution in [2.75, 3.05) is 0 Å². The number of aliphatic imine (C=N–C) groups is 2. The lowest BCUT2D eigenvalue weighted by molar-refractivity contribution is 0.596. The molecule has 0 saturated heterocycles. The number of hydrogen-bond donors (Lipinski definition) is 0. The molecule has 3 heteroatoms. The van der Waals surface area contributed by atoms with Gasteiger partial charge in [0.2, 0.25) is 0 Å². The third-order valence-corrected chi connectivity index (χ3v) is 8.83. The van der Waals surface area contributed by atoms with Crippen LogP contribution in [0.25, 0.3) is 0 Å². The Kier molecular flexibility index (Phi) is 7.94. The lowest BCUT2D eigenvalue weighted by Gasteiger charge is -2.35. The average molecular weight is 471 g/mol. The van der Waals surface area contributed by atoms with Gasteiger partial charge < -0.3 is 0 Å². The molecule has 34 heavy (non-hydrogen) atoms. The normalized spacial score (nSPS) is 14.3. The second kappa shape index (κ2) is 10.4. The highest BCUT2D eigenvalue weighted by Gasteiger charge is 2.37. The molecule has 0 fully saturated rings. The largest absolute Gasteiger partial charge is 0.252 e. The predicted molar refractivity (Wildman–Crippen MR) is 153 cm³/mol. The molecule has 1 unspecified atom stereocenters. The van der Waals surface area contributed by atoms with E-state index in [1.54, 1.807) is 0 Å². The monoisotopic (exact) mass is 470 g/mol. The third-order valence-electron chi connectivity index (χ3n) is 5.62. The molecule has 178 valence electrons. The Morgan fingerprint density at radius 3 is 1.53 bits per heavy atom. The third kappa shape index (κ3) is 6.30. The first kappa shape index (κ1) is 26.0. The van der Waals surface area contributed by atoms with Crippen molar-refractivity contribution in [3.63, 3.8) is 0 Å². The summed E-state index contributed by atoms with van der Waals surface area (Å²) in [5.74, 6) is 0. The summed E-state index contributed by atoms with van der Waals surface area (Å²) in [7, 11) is -0.939. The Hall–Kier alpha value is -2.57. The van der Waals surface area contributed by atoms with Crippen LogP contribution in [0.15, 0.2) is 82.8 Å². The number of rotatable bonds is 5. The average Bonchev–Trinajstić information content (AvgIpc) is 2.74. The fraction of sp³-hybridized carbons (Fsp3) is 0.355. The highest BCUT2D eigenvalue weighted by atomic mass is 31.1. The van der Waals surface area contributed by atoms with Crippen LogP contribution in [-0.4, -0.2) is 10.9 Å². The van der Waals surface area contributed by atoms with E-state index in [-0.39, 0.29) is 10.8 Å². The van der Waals surface area contributed by atoms with E-state index in [0.29, 0.717) is 0 Å². The van der Waals surface area contributed by atoms with Crippen molar-refractivity contribution in [1.29, 1.82) is 0 Å². The zero-order chi connectivity index (χ0) is 25.1. The summed E-state index contributed by atoms with van der Waals surface area (Å²) in [6.45, 7) is 20.2. The van der Waals surface area contributed by atoms with Crippen molar-refractivity contribution in [3.05, 3.63) is 89.5 Å². The molecule has 3 aromatic rings. The Morgan fingerprint density at radius 1 is 0.618 bits per heavy atom. The molecule has 3 aromatic carbocycles. The fourth-order valence-electron chi connectivity index (χ4n) is 4.11. The van der Waals surface area contributed by atoms with Crippen LogP contribution in [0, 0.1) is 31.6 Å². The van der Waals surface area contributed by atoms with Crippen molar-refractivity contribution in [2.24, 2.45) is 20.8 Å². The molecule has 0 radical (unpaired) electrons. The van der Waals surface area contributed by atoms with Gasteiger partial charge in [-0.2, -0.15) is 0 Å². The minimum atomic E-state index is -0.939. The first-order valence-electron chi connectivity index (χ1n) is 12.0. The number of para-hydroxylation sites is 1. The van der Waals surface area contributed by atoms with Crippen molar-refractivity contribution >= 4 is 35.5 Å². The molecule has 0 bridgehead atoms. The molecular formula is C31H39N2P. The summed E-state index contributed by atoms with van der Waals surface area (Å²) < 4.78 is 0. The second-order valence-corrected chi connectivity index (χ2v) is 13.2. The van der Waals surface area contributed by atoms with Gasteiger partial charge in [-0.05, 0) is 49.3 Å². The van der Waals surface area contributed by atoms with Gasteiger partial charge in [-0.1, -0.05) is 108 Å². The molecule has 0 saturated carbocycles. The highest BCUT2D eigenvalue weighted by molar-refractivity contribution is 7.95. The van der Waals surface area contributed by atoms with Crippen LogP contribution in [0.5, 0.6) is 0 Å². The van der Waals surface area contributed by atoms with Crippen LogP contribution >= 0.6 is 7.92 Å². The van der Waals surface area contributed by atoms with Crippen molar-refractivity contribution in [2.45, 2.75) is 62.3 Å². The van der Waals surface area contributed by atoms with E-state index in [0.717, 1.165) is 11.4 Å². The standard InChI is InChI=1S/C31H39N2P/c1-22-20-23(2)27(24(3)21-22)33-29(31(7,8)9)34(26-18-14-11-15-19-26)28(30(4,5)6)32-25-16-12-10-13-17-25/h10-21H,1-9H3. The van der Waals surface area contributed by atoms with E-state index in [9.17, 15) is 0 Å². The summed E-state index contributed by atoms with van der Waals surface area (Å²) in [6, 6.07) is 25.7. The summed E-state index contributed by atoms with van der Waals surface area (Å²) in [6.07, 6.45) is 0. The highest BCUT2D eigenvalue weighted by Crippen LogP contribution is 2.52. The van der Waals surface area contributed by atoms with Gasteiger partial charge in [-0.3, -0.25) is 9.98 Å². The molecule has 0 aliphatic carbocycles. The molecule has 0 aliphatic heterocycles.